The Kier molecular flexibility index (Phi) is 4.21. The van der Waals surface area contributed by atoms with Gasteiger partial charge >= 0.3 is 0 Å². The zero-order valence-electron chi connectivity index (χ0n) is 14.2. The molecule has 1 unspecified atom stereocenters. The van der Waals surface area contributed by atoms with Gasteiger partial charge in [0, 0.05) is 12.5 Å². The van der Waals surface area contributed by atoms with Crippen LogP contribution in [0.15, 0.2) is 30.3 Å². The van der Waals surface area contributed by atoms with Crippen molar-refractivity contribution in [3.8, 4) is 0 Å². The number of nitrogens with one attached hydrogen (secondary N) is 3. The highest BCUT2D eigenvalue weighted by Crippen LogP contribution is 2.36. The molecule has 0 saturated heterocycles. The second-order valence-electron chi connectivity index (χ2n) is 6.61. The second kappa shape index (κ2) is 6.54. The van der Waals surface area contributed by atoms with Gasteiger partial charge in [0.2, 0.25) is 0 Å². The van der Waals surface area contributed by atoms with E-state index in [1.165, 1.54) is 21.4 Å². The fourth-order valence-corrected chi connectivity index (χ4v) is 4.84. The Labute approximate surface area is 154 Å². The summed E-state index contributed by atoms with van der Waals surface area (Å²) in [5.74, 6) is -0.0759. The number of carbonyl (C=O) groups excluding carboxylic acids is 1. The highest BCUT2D eigenvalue weighted by molar-refractivity contribution is 7.16. The van der Waals surface area contributed by atoms with Gasteiger partial charge in [0.15, 0.2) is 0 Å². The number of nitro benzene ring substituents is 1. The number of thiophene rings is 1. The van der Waals surface area contributed by atoms with Crippen molar-refractivity contribution in [2.75, 3.05) is 18.9 Å². The first-order valence-electron chi connectivity index (χ1n) is 8.48. The third kappa shape index (κ3) is 2.97. The molecule has 26 heavy (non-hydrogen) atoms. The summed E-state index contributed by atoms with van der Waals surface area (Å²) in [7, 11) is 2.16. The average molecular weight is 371 g/mol. The van der Waals surface area contributed by atoms with E-state index in [1.807, 2.05) is 0 Å². The average Bonchev–Trinajstić information content (AvgIpc) is 2.97. The van der Waals surface area contributed by atoms with Gasteiger partial charge < -0.3 is 15.5 Å². The largest absolute Gasteiger partial charge is 0.353 e. The summed E-state index contributed by atoms with van der Waals surface area (Å²) in [5, 5.41) is 18.3. The molecule has 2 aromatic rings. The molecule has 0 radical (unpaired) electrons. The first-order chi connectivity index (χ1) is 12.5. The van der Waals surface area contributed by atoms with Crippen molar-refractivity contribution in [2.45, 2.75) is 19.1 Å². The molecule has 1 aromatic heterocycles. The number of likely N-dealkylation sites (N-methyl/N-ethyl adjacent to an activating group) is 1. The molecule has 7 nitrogen and oxygen atoms in total. The van der Waals surface area contributed by atoms with E-state index >= 15 is 0 Å². The number of nitrogens with zero attached hydrogens (tertiary/aromatic N) is 1. The molecule has 2 aliphatic heterocycles. The van der Waals surface area contributed by atoms with E-state index < -0.39 is 4.92 Å². The Morgan fingerprint density at radius 3 is 2.96 bits per heavy atom. The van der Waals surface area contributed by atoms with E-state index in [0.29, 0.717) is 5.56 Å². The van der Waals surface area contributed by atoms with Gasteiger partial charge in [-0.3, -0.25) is 14.9 Å². The Bertz CT molecular complexity index is 921. The Hall–Kier alpha value is -2.71. The van der Waals surface area contributed by atoms with Gasteiger partial charge in [-0.2, -0.15) is 0 Å². The number of para-hydroxylation sites is 1. The minimum absolute atomic E-state index is 0.0455. The molecule has 3 N–H and O–H groups in total. The lowest BCUT2D eigenvalue weighted by Crippen LogP contribution is -3.08. The van der Waals surface area contributed by atoms with Crippen LogP contribution in [0.3, 0.4) is 0 Å². The van der Waals surface area contributed by atoms with Crippen molar-refractivity contribution in [1.29, 1.82) is 0 Å². The van der Waals surface area contributed by atoms with Gasteiger partial charge in [-0.15, -0.1) is 11.3 Å². The predicted octanol–water partition coefficient (Wildman–Crippen LogP) is 1.42. The monoisotopic (exact) mass is 371 g/mol. The summed E-state index contributed by atoms with van der Waals surface area (Å²) >= 11 is 1.64. The first kappa shape index (κ1) is 16.7. The number of rotatable bonds is 3. The van der Waals surface area contributed by atoms with Crippen LogP contribution >= 0.6 is 11.3 Å². The van der Waals surface area contributed by atoms with Crippen molar-refractivity contribution >= 4 is 34.0 Å². The van der Waals surface area contributed by atoms with E-state index in [9.17, 15) is 14.9 Å². The van der Waals surface area contributed by atoms with Gasteiger partial charge in [0.1, 0.15) is 17.7 Å². The first-order valence-corrected chi connectivity index (χ1v) is 9.29. The quantitative estimate of drug-likeness (QED) is 0.562. The molecule has 4 rings (SSSR count). The molecule has 0 spiro atoms. The molecule has 0 fully saturated rings. The van der Waals surface area contributed by atoms with Gasteiger partial charge in [0.05, 0.1) is 34.5 Å². The number of hydrogen-bond donors (Lipinski definition) is 3. The van der Waals surface area contributed by atoms with Crippen molar-refractivity contribution in [3.05, 3.63) is 62.0 Å². The van der Waals surface area contributed by atoms with Crippen molar-refractivity contribution in [3.63, 3.8) is 0 Å². The molecule has 0 saturated carbocycles. The van der Waals surface area contributed by atoms with Gasteiger partial charge in [-0.05, 0) is 23.8 Å². The van der Waals surface area contributed by atoms with Crippen LogP contribution in [0, 0.1) is 10.1 Å². The Morgan fingerprint density at radius 1 is 1.35 bits per heavy atom. The number of anilines is 1. The van der Waals surface area contributed by atoms with Crippen LogP contribution in [-0.2, 0) is 13.0 Å². The number of amides is 1. The highest BCUT2D eigenvalue weighted by Gasteiger charge is 2.32. The molecule has 3 heterocycles. The second-order valence-corrected chi connectivity index (χ2v) is 7.72. The van der Waals surface area contributed by atoms with Crippen LogP contribution < -0.4 is 15.5 Å². The molecule has 8 heteroatoms. The Morgan fingerprint density at radius 2 is 2.15 bits per heavy atom. The maximum atomic E-state index is 12.6. The molecule has 2 atom stereocenters. The van der Waals surface area contributed by atoms with E-state index in [2.05, 4.69) is 17.7 Å². The van der Waals surface area contributed by atoms with E-state index in [4.69, 9.17) is 0 Å². The lowest BCUT2D eigenvalue weighted by Gasteiger charge is -2.24. The summed E-state index contributed by atoms with van der Waals surface area (Å²) in [6, 6.07) is 6.55. The molecule has 134 valence electrons. The summed E-state index contributed by atoms with van der Waals surface area (Å²) in [5.41, 5.74) is 2.49. The highest BCUT2D eigenvalue weighted by atomic mass is 32.1. The number of nitro groups is 1. The topological polar surface area (TPSA) is 88.7 Å². The van der Waals surface area contributed by atoms with Crippen molar-refractivity contribution < 1.29 is 14.6 Å². The van der Waals surface area contributed by atoms with Gasteiger partial charge in [-0.25, -0.2) is 0 Å². The third-order valence-corrected chi connectivity index (χ3v) is 5.92. The third-order valence-electron chi connectivity index (χ3n) is 4.76. The number of quaternary nitrogens is 1. The van der Waals surface area contributed by atoms with Crippen LogP contribution in [0.5, 0.6) is 0 Å². The summed E-state index contributed by atoms with van der Waals surface area (Å²) in [6.45, 7) is 1.98. The fourth-order valence-electron chi connectivity index (χ4n) is 3.44. The normalized spacial score (nSPS) is 21.7. The minimum atomic E-state index is -0.406. The van der Waals surface area contributed by atoms with Crippen LogP contribution in [0.25, 0.3) is 6.08 Å². The molecule has 1 amide bonds. The summed E-state index contributed by atoms with van der Waals surface area (Å²) in [6.07, 6.45) is 3.95. The molecule has 0 aliphatic carbocycles. The van der Waals surface area contributed by atoms with E-state index in [1.54, 1.807) is 41.7 Å². The van der Waals surface area contributed by atoms with E-state index in [-0.39, 0.29) is 17.8 Å². The van der Waals surface area contributed by atoms with Crippen LogP contribution in [-0.4, -0.2) is 30.6 Å². The van der Waals surface area contributed by atoms with E-state index in [0.717, 1.165) is 30.1 Å². The van der Waals surface area contributed by atoms with Crippen molar-refractivity contribution in [2.24, 2.45) is 0 Å². The number of hydrogen-bond acceptors (Lipinski definition) is 5. The van der Waals surface area contributed by atoms with Gasteiger partial charge in [0.25, 0.3) is 11.6 Å². The van der Waals surface area contributed by atoms with Crippen molar-refractivity contribution in [1.82, 2.24) is 5.32 Å². The molecular formula is C18H19N4O3S+. The molecule has 0 bridgehead atoms. The number of carbonyl (C=O) groups is 1. The van der Waals surface area contributed by atoms with Crippen LogP contribution in [0.1, 0.15) is 26.4 Å². The lowest BCUT2D eigenvalue weighted by atomic mass is 10.0. The molecule has 1 aromatic carbocycles. The molecular weight excluding hydrogens is 352 g/mol. The summed E-state index contributed by atoms with van der Waals surface area (Å²) < 4.78 is 0. The zero-order valence-corrected chi connectivity index (χ0v) is 15.1. The zero-order chi connectivity index (χ0) is 18.3. The predicted molar refractivity (Wildman–Crippen MR) is 100 cm³/mol. The maximum absolute atomic E-state index is 12.6. The number of benzene rings is 1. The Balaban J connectivity index is 1.59. The molecule has 2 aliphatic rings. The van der Waals surface area contributed by atoms with Crippen LogP contribution in [0.2, 0.25) is 0 Å². The number of fused-ring (bicyclic) bond motifs is 3. The smallest absolute Gasteiger partial charge is 0.276 e. The minimum Gasteiger partial charge on any atom is -0.353 e. The lowest BCUT2D eigenvalue weighted by molar-refractivity contribution is -0.895. The summed E-state index contributed by atoms with van der Waals surface area (Å²) in [4.78, 5) is 26.0. The van der Waals surface area contributed by atoms with Gasteiger partial charge in [-0.1, -0.05) is 12.1 Å². The van der Waals surface area contributed by atoms with Crippen LogP contribution in [0.4, 0.5) is 10.7 Å². The SMILES string of the molecule is C[NH+]1CCc2c(sc3c2C(=O)N[C@H](/C=C\c2ccccc2[N+](=O)[O-])N3)C1. The standard InChI is InChI=1S/C18H18N4O3S/c1-21-9-8-12-14(10-21)26-18-16(12)17(23)19-15(20-18)7-6-11-4-2-3-5-13(11)22(24)25/h2-7,15,20H,8-10H2,1H3,(H,19,23)/p+1/b7-6-/t15-/m0/s1. The maximum Gasteiger partial charge on any atom is 0.276 e. The fraction of sp³-hybridized carbons (Fsp3) is 0.278.